The van der Waals surface area contributed by atoms with Gasteiger partial charge in [-0.2, -0.15) is 0 Å². The third kappa shape index (κ3) is 2.66. The van der Waals surface area contributed by atoms with Crippen LogP contribution >= 0.6 is 0 Å². The molecule has 0 spiro atoms. The molecule has 5 nitrogen and oxygen atoms in total. The molecule has 102 valence electrons. The van der Waals surface area contributed by atoms with Crippen LogP contribution in [0.3, 0.4) is 0 Å². The molecule has 1 amide bonds. The second kappa shape index (κ2) is 5.13. The van der Waals surface area contributed by atoms with E-state index >= 15 is 0 Å². The second-order valence-corrected chi connectivity index (χ2v) is 4.54. The van der Waals surface area contributed by atoms with E-state index in [2.05, 4.69) is 5.32 Å². The fourth-order valence-electron chi connectivity index (χ4n) is 2.07. The minimum atomic E-state index is -0.102. The smallest absolute Gasteiger partial charge is 0.231 e. The molecule has 0 aromatic heterocycles. The standard InChI is InChI=1S/C15H14N2O3/c16-11-3-1-2-10(6-11)7-15(18)17-12-4-5-13-14(8-12)20-9-19-13/h1-6,8H,7,9,16H2,(H,17,18). The Kier molecular flexibility index (Phi) is 3.16. The summed E-state index contributed by atoms with van der Waals surface area (Å²) in [6, 6.07) is 12.6. The monoisotopic (exact) mass is 270 g/mol. The highest BCUT2D eigenvalue weighted by Crippen LogP contribution is 2.34. The van der Waals surface area contributed by atoms with E-state index in [0.29, 0.717) is 22.9 Å². The number of amides is 1. The minimum absolute atomic E-state index is 0.102. The quantitative estimate of drug-likeness (QED) is 0.838. The zero-order valence-corrected chi connectivity index (χ0v) is 10.8. The number of nitrogen functional groups attached to an aromatic ring is 1. The molecule has 5 heteroatoms. The number of hydrogen-bond donors (Lipinski definition) is 2. The largest absolute Gasteiger partial charge is 0.454 e. The maximum atomic E-state index is 12.0. The van der Waals surface area contributed by atoms with Crippen LogP contribution in [0.1, 0.15) is 5.56 Å². The number of ether oxygens (including phenoxy) is 2. The van der Waals surface area contributed by atoms with Crippen molar-refractivity contribution in [3.8, 4) is 11.5 Å². The van der Waals surface area contributed by atoms with Crippen LogP contribution in [0.2, 0.25) is 0 Å². The van der Waals surface area contributed by atoms with Crippen molar-refractivity contribution < 1.29 is 14.3 Å². The summed E-state index contributed by atoms with van der Waals surface area (Å²) in [5, 5.41) is 2.82. The number of carbonyl (C=O) groups is 1. The van der Waals surface area contributed by atoms with Crippen molar-refractivity contribution in [1.29, 1.82) is 0 Å². The third-order valence-corrected chi connectivity index (χ3v) is 2.97. The zero-order chi connectivity index (χ0) is 13.9. The number of benzene rings is 2. The first kappa shape index (κ1) is 12.3. The van der Waals surface area contributed by atoms with Crippen molar-refractivity contribution in [3.63, 3.8) is 0 Å². The average Bonchev–Trinajstić information content (AvgIpc) is 2.86. The van der Waals surface area contributed by atoms with E-state index in [1.165, 1.54) is 0 Å². The third-order valence-electron chi connectivity index (χ3n) is 2.97. The highest BCUT2D eigenvalue weighted by atomic mass is 16.7. The van der Waals surface area contributed by atoms with Gasteiger partial charge in [0.15, 0.2) is 11.5 Å². The summed E-state index contributed by atoms with van der Waals surface area (Å²) in [5.41, 5.74) is 7.90. The van der Waals surface area contributed by atoms with Crippen LogP contribution in [-0.4, -0.2) is 12.7 Å². The van der Waals surface area contributed by atoms with E-state index < -0.39 is 0 Å². The molecule has 20 heavy (non-hydrogen) atoms. The van der Waals surface area contributed by atoms with E-state index in [1.54, 1.807) is 30.3 Å². The number of fused-ring (bicyclic) bond motifs is 1. The van der Waals surface area contributed by atoms with Crippen LogP contribution < -0.4 is 20.5 Å². The molecule has 0 saturated heterocycles. The molecule has 1 aliphatic heterocycles. The van der Waals surface area contributed by atoms with Gasteiger partial charge in [0.1, 0.15) is 0 Å². The molecule has 3 N–H and O–H groups in total. The van der Waals surface area contributed by atoms with Crippen molar-refractivity contribution in [2.45, 2.75) is 6.42 Å². The van der Waals surface area contributed by atoms with E-state index in [0.717, 1.165) is 5.56 Å². The SMILES string of the molecule is Nc1cccc(CC(=O)Nc2ccc3c(c2)OCO3)c1. The first-order valence-corrected chi connectivity index (χ1v) is 6.24. The van der Waals surface area contributed by atoms with Crippen molar-refractivity contribution in [1.82, 2.24) is 0 Å². The van der Waals surface area contributed by atoms with Crippen molar-refractivity contribution in [2.75, 3.05) is 17.8 Å². The fraction of sp³-hybridized carbons (Fsp3) is 0.133. The molecule has 2 aromatic carbocycles. The van der Waals surface area contributed by atoms with Gasteiger partial charge in [-0.1, -0.05) is 12.1 Å². The molecule has 0 aliphatic carbocycles. The van der Waals surface area contributed by atoms with Gasteiger partial charge in [-0.05, 0) is 29.8 Å². The summed E-state index contributed by atoms with van der Waals surface area (Å²) < 4.78 is 10.5. The molecule has 0 bridgehead atoms. The van der Waals surface area contributed by atoms with Gasteiger partial charge in [0.2, 0.25) is 12.7 Å². The number of nitrogens with two attached hydrogens (primary N) is 1. The molecular formula is C15H14N2O3. The predicted molar refractivity (Wildman–Crippen MR) is 75.8 cm³/mol. The predicted octanol–water partition coefficient (Wildman–Crippen LogP) is 2.18. The Morgan fingerprint density at radius 2 is 2.00 bits per heavy atom. The normalized spacial score (nSPS) is 12.2. The van der Waals surface area contributed by atoms with Gasteiger partial charge >= 0.3 is 0 Å². The Balaban J connectivity index is 1.67. The summed E-state index contributed by atoms with van der Waals surface area (Å²) in [5.74, 6) is 1.24. The lowest BCUT2D eigenvalue weighted by atomic mass is 10.1. The van der Waals surface area contributed by atoms with Gasteiger partial charge in [-0.3, -0.25) is 4.79 Å². The summed E-state index contributed by atoms with van der Waals surface area (Å²) in [6.45, 7) is 0.218. The number of anilines is 2. The maximum absolute atomic E-state index is 12.0. The van der Waals surface area contributed by atoms with Crippen LogP contribution in [-0.2, 0) is 11.2 Å². The molecule has 3 rings (SSSR count). The second-order valence-electron chi connectivity index (χ2n) is 4.54. The van der Waals surface area contributed by atoms with E-state index in [4.69, 9.17) is 15.2 Å². The van der Waals surface area contributed by atoms with Gasteiger partial charge in [0.05, 0.1) is 6.42 Å². The lowest BCUT2D eigenvalue weighted by Crippen LogP contribution is -2.14. The molecule has 0 atom stereocenters. The molecule has 0 unspecified atom stereocenters. The van der Waals surface area contributed by atoms with Crippen LogP contribution in [0.15, 0.2) is 42.5 Å². The zero-order valence-electron chi connectivity index (χ0n) is 10.8. The molecule has 0 radical (unpaired) electrons. The van der Waals surface area contributed by atoms with Crippen LogP contribution in [0.4, 0.5) is 11.4 Å². The highest BCUT2D eigenvalue weighted by Gasteiger charge is 2.14. The Morgan fingerprint density at radius 3 is 2.85 bits per heavy atom. The van der Waals surface area contributed by atoms with Crippen molar-refractivity contribution in [2.24, 2.45) is 0 Å². The molecular weight excluding hydrogens is 256 g/mol. The Labute approximate surface area is 116 Å². The summed E-state index contributed by atoms with van der Waals surface area (Å²) in [6.07, 6.45) is 0.277. The Hall–Kier alpha value is -2.69. The molecule has 0 saturated carbocycles. The van der Waals surface area contributed by atoms with Gasteiger partial charge in [0.25, 0.3) is 0 Å². The van der Waals surface area contributed by atoms with E-state index in [-0.39, 0.29) is 19.1 Å². The van der Waals surface area contributed by atoms with Gasteiger partial charge in [-0.25, -0.2) is 0 Å². The van der Waals surface area contributed by atoms with Gasteiger partial charge in [0, 0.05) is 17.4 Å². The summed E-state index contributed by atoms with van der Waals surface area (Å²) in [7, 11) is 0. The lowest BCUT2D eigenvalue weighted by molar-refractivity contribution is -0.115. The Morgan fingerprint density at radius 1 is 1.15 bits per heavy atom. The molecule has 0 fully saturated rings. The van der Waals surface area contributed by atoms with Crippen LogP contribution in [0, 0.1) is 0 Å². The fourth-order valence-corrected chi connectivity index (χ4v) is 2.07. The first-order valence-electron chi connectivity index (χ1n) is 6.24. The molecule has 1 aliphatic rings. The number of hydrogen-bond acceptors (Lipinski definition) is 4. The highest BCUT2D eigenvalue weighted by molar-refractivity contribution is 5.92. The minimum Gasteiger partial charge on any atom is -0.454 e. The van der Waals surface area contributed by atoms with E-state index in [9.17, 15) is 4.79 Å². The van der Waals surface area contributed by atoms with Crippen molar-refractivity contribution >= 4 is 17.3 Å². The van der Waals surface area contributed by atoms with Crippen LogP contribution in [0.5, 0.6) is 11.5 Å². The number of carbonyl (C=O) groups excluding carboxylic acids is 1. The number of nitrogens with one attached hydrogen (secondary N) is 1. The van der Waals surface area contributed by atoms with Crippen molar-refractivity contribution in [3.05, 3.63) is 48.0 Å². The van der Waals surface area contributed by atoms with Gasteiger partial charge in [-0.15, -0.1) is 0 Å². The first-order chi connectivity index (χ1) is 9.70. The Bertz CT molecular complexity index is 655. The summed E-state index contributed by atoms with van der Waals surface area (Å²) >= 11 is 0. The topological polar surface area (TPSA) is 73.6 Å². The maximum Gasteiger partial charge on any atom is 0.231 e. The average molecular weight is 270 g/mol. The molecule has 2 aromatic rings. The lowest BCUT2D eigenvalue weighted by Gasteiger charge is -2.06. The molecule has 1 heterocycles. The van der Waals surface area contributed by atoms with E-state index in [1.807, 2.05) is 12.1 Å². The number of rotatable bonds is 3. The summed E-state index contributed by atoms with van der Waals surface area (Å²) in [4.78, 5) is 12.0. The van der Waals surface area contributed by atoms with Gasteiger partial charge < -0.3 is 20.5 Å². The van der Waals surface area contributed by atoms with Crippen LogP contribution in [0.25, 0.3) is 0 Å².